The molecule has 0 bridgehead atoms. The van der Waals surface area contributed by atoms with Crippen LogP contribution in [0.2, 0.25) is 0 Å². The molecule has 0 spiro atoms. The standard InChI is InChI=1S/C17H29N5O.HI/c1-2-3-7-19-17(21-15-16-5-4-6-18-14-16)20-8-9-22-10-12-23-13-11-22;/h4-6,14H,2-3,7-13,15H2,1H3,(H2,19,20,21);1H. The molecular formula is C17H30IN5O. The summed E-state index contributed by atoms with van der Waals surface area (Å²) in [7, 11) is 0. The third kappa shape index (κ3) is 8.79. The Balaban J connectivity index is 0.00000288. The molecule has 1 saturated heterocycles. The summed E-state index contributed by atoms with van der Waals surface area (Å²) in [6, 6.07) is 3.99. The summed E-state index contributed by atoms with van der Waals surface area (Å²) in [6.45, 7) is 9.43. The summed E-state index contributed by atoms with van der Waals surface area (Å²) in [5, 5.41) is 6.84. The van der Waals surface area contributed by atoms with E-state index in [1.54, 1.807) is 6.20 Å². The third-order valence-electron chi connectivity index (χ3n) is 3.79. The van der Waals surface area contributed by atoms with E-state index >= 15 is 0 Å². The van der Waals surface area contributed by atoms with E-state index in [2.05, 4.69) is 32.4 Å². The van der Waals surface area contributed by atoms with Crippen LogP contribution in [0.1, 0.15) is 25.3 Å². The molecule has 1 aliphatic rings. The van der Waals surface area contributed by atoms with Crippen molar-refractivity contribution in [1.29, 1.82) is 0 Å². The second-order valence-corrected chi connectivity index (χ2v) is 5.69. The SMILES string of the molecule is CCCCNC(=NCc1cccnc1)NCCN1CCOCC1.I. The fourth-order valence-corrected chi connectivity index (χ4v) is 2.38. The van der Waals surface area contributed by atoms with Gasteiger partial charge in [0.2, 0.25) is 0 Å². The van der Waals surface area contributed by atoms with Gasteiger partial charge in [-0.1, -0.05) is 19.4 Å². The quantitative estimate of drug-likeness (QED) is 0.276. The van der Waals surface area contributed by atoms with Gasteiger partial charge in [0.1, 0.15) is 0 Å². The molecule has 2 N–H and O–H groups in total. The molecule has 2 heterocycles. The molecule has 1 aromatic heterocycles. The Kier molecular flexibility index (Phi) is 11.8. The van der Waals surface area contributed by atoms with Crippen LogP contribution < -0.4 is 10.6 Å². The van der Waals surface area contributed by atoms with Crippen molar-refractivity contribution in [1.82, 2.24) is 20.5 Å². The monoisotopic (exact) mass is 447 g/mol. The molecule has 24 heavy (non-hydrogen) atoms. The number of morpholine rings is 1. The molecule has 0 unspecified atom stereocenters. The van der Waals surface area contributed by atoms with Gasteiger partial charge in [0.25, 0.3) is 0 Å². The largest absolute Gasteiger partial charge is 0.379 e. The number of halogens is 1. The maximum atomic E-state index is 5.38. The van der Waals surface area contributed by atoms with Gasteiger partial charge < -0.3 is 15.4 Å². The van der Waals surface area contributed by atoms with Crippen molar-refractivity contribution in [3.8, 4) is 0 Å². The van der Waals surface area contributed by atoms with Crippen molar-refractivity contribution >= 4 is 29.9 Å². The first-order chi connectivity index (χ1) is 11.4. The summed E-state index contributed by atoms with van der Waals surface area (Å²) in [6.07, 6.45) is 5.98. The van der Waals surface area contributed by atoms with Crippen molar-refractivity contribution in [3.05, 3.63) is 30.1 Å². The second kappa shape index (κ2) is 13.4. The number of unbranched alkanes of at least 4 members (excludes halogenated alkanes) is 1. The van der Waals surface area contributed by atoms with Crippen molar-refractivity contribution < 1.29 is 4.74 Å². The molecule has 1 aliphatic heterocycles. The van der Waals surface area contributed by atoms with Gasteiger partial charge in [-0.2, -0.15) is 0 Å². The van der Waals surface area contributed by atoms with E-state index in [4.69, 9.17) is 4.74 Å². The molecule has 1 fully saturated rings. The van der Waals surface area contributed by atoms with Gasteiger partial charge in [0.15, 0.2) is 5.96 Å². The minimum atomic E-state index is 0. The molecule has 136 valence electrons. The minimum absolute atomic E-state index is 0. The zero-order valence-electron chi connectivity index (χ0n) is 14.5. The number of guanidine groups is 1. The van der Waals surface area contributed by atoms with Gasteiger partial charge in [-0.3, -0.25) is 9.88 Å². The van der Waals surface area contributed by atoms with Gasteiger partial charge in [0, 0.05) is 45.1 Å². The molecule has 2 rings (SSSR count). The molecule has 7 heteroatoms. The van der Waals surface area contributed by atoms with Crippen LogP contribution in [0.5, 0.6) is 0 Å². The molecule has 0 amide bonds. The van der Waals surface area contributed by atoms with Crippen molar-refractivity contribution in [2.75, 3.05) is 45.9 Å². The van der Waals surface area contributed by atoms with E-state index in [0.717, 1.165) is 63.9 Å². The van der Waals surface area contributed by atoms with Crippen LogP contribution in [0.3, 0.4) is 0 Å². The predicted molar refractivity (Wildman–Crippen MR) is 109 cm³/mol. The van der Waals surface area contributed by atoms with E-state index in [1.165, 1.54) is 6.42 Å². The number of nitrogens with zero attached hydrogens (tertiary/aromatic N) is 3. The van der Waals surface area contributed by atoms with Crippen LogP contribution in [-0.2, 0) is 11.3 Å². The Morgan fingerprint density at radius 1 is 1.29 bits per heavy atom. The van der Waals surface area contributed by atoms with Crippen LogP contribution in [0.15, 0.2) is 29.5 Å². The van der Waals surface area contributed by atoms with Crippen LogP contribution >= 0.6 is 24.0 Å². The average molecular weight is 447 g/mol. The summed E-state index contributed by atoms with van der Waals surface area (Å²) in [5.74, 6) is 0.885. The topological polar surface area (TPSA) is 61.8 Å². The van der Waals surface area contributed by atoms with Crippen molar-refractivity contribution in [2.24, 2.45) is 4.99 Å². The number of ether oxygens (including phenoxy) is 1. The highest BCUT2D eigenvalue weighted by atomic mass is 127. The smallest absolute Gasteiger partial charge is 0.191 e. The van der Waals surface area contributed by atoms with Crippen LogP contribution in [0.25, 0.3) is 0 Å². The van der Waals surface area contributed by atoms with Gasteiger partial charge >= 0.3 is 0 Å². The fourth-order valence-electron chi connectivity index (χ4n) is 2.38. The number of aliphatic imine (C=N–C) groups is 1. The Morgan fingerprint density at radius 2 is 2.08 bits per heavy atom. The Morgan fingerprint density at radius 3 is 2.79 bits per heavy atom. The highest BCUT2D eigenvalue weighted by Gasteiger charge is 2.09. The molecular weight excluding hydrogens is 417 g/mol. The van der Waals surface area contributed by atoms with E-state index in [0.29, 0.717) is 6.54 Å². The number of hydrogen-bond acceptors (Lipinski definition) is 4. The summed E-state index contributed by atoms with van der Waals surface area (Å²) >= 11 is 0. The molecule has 0 saturated carbocycles. The van der Waals surface area contributed by atoms with Gasteiger partial charge in [-0.15, -0.1) is 24.0 Å². The fraction of sp³-hybridized carbons (Fsp3) is 0.647. The maximum absolute atomic E-state index is 5.38. The Bertz CT molecular complexity index is 452. The Hall–Kier alpha value is -0.930. The van der Waals surface area contributed by atoms with Crippen molar-refractivity contribution in [2.45, 2.75) is 26.3 Å². The second-order valence-electron chi connectivity index (χ2n) is 5.69. The first-order valence-corrected chi connectivity index (χ1v) is 8.59. The average Bonchev–Trinajstić information content (AvgIpc) is 2.61. The zero-order valence-corrected chi connectivity index (χ0v) is 16.9. The molecule has 0 aliphatic carbocycles. The highest BCUT2D eigenvalue weighted by Crippen LogP contribution is 1.98. The molecule has 0 radical (unpaired) electrons. The normalized spacial score (nSPS) is 15.6. The lowest BCUT2D eigenvalue weighted by molar-refractivity contribution is 0.0389. The van der Waals surface area contributed by atoms with Gasteiger partial charge in [0.05, 0.1) is 19.8 Å². The van der Waals surface area contributed by atoms with Gasteiger partial charge in [-0.25, -0.2) is 4.99 Å². The van der Waals surface area contributed by atoms with Crippen LogP contribution in [0, 0.1) is 0 Å². The first kappa shape index (κ1) is 21.1. The summed E-state index contributed by atoms with van der Waals surface area (Å²) in [5.41, 5.74) is 1.12. The number of aromatic nitrogens is 1. The number of pyridine rings is 1. The molecule has 0 aromatic carbocycles. The van der Waals surface area contributed by atoms with Crippen LogP contribution in [0.4, 0.5) is 0 Å². The number of nitrogens with one attached hydrogen (secondary N) is 2. The van der Waals surface area contributed by atoms with Gasteiger partial charge in [-0.05, 0) is 18.1 Å². The maximum Gasteiger partial charge on any atom is 0.191 e. The predicted octanol–water partition coefficient (Wildman–Crippen LogP) is 1.87. The van der Waals surface area contributed by atoms with E-state index in [1.807, 2.05) is 18.3 Å². The van der Waals surface area contributed by atoms with E-state index in [9.17, 15) is 0 Å². The lowest BCUT2D eigenvalue weighted by Gasteiger charge is -2.26. The summed E-state index contributed by atoms with van der Waals surface area (Å²) in [4.78, 5) is 11.2. The molecule has 6 nitrogen and oxygen atoms in total. The number of rotatable bonds is 8. The highest BCUT2D eigenvalue weighted by molar-refractivity contribution is 14.0. The Labute approximate surface area is 162 Å². The lowest BCUT2D eigenvalue weighted by atomic mass is 10.3. The molecule has 1 aromatic rings. The minimum Gasteiger partial charge on any atom is -0.379 e. The van der Waals surface area contributed by atoms with Crippen LogP contribution in [-0.4, -0.2) is 61.8 Å². The molecule has 0 atom stereocenters. The zero-order chi connectivity index (χ0) is 16.2. The first-order valence-electron chi connectivity index (χ1n) is 8.59. The van der Waals surface area contributed by atoms with E-state index < -0.39 is 0 Å². The lowest BCUT2D eigenvalue weighted by Crippen LogP contribution is -2.44. The summed E-state index contributed by atoms with van der Waals surface area (Å²) < 4.78 is 5.38. The number of hydrogen-bond donors (Lipinski definition) is 2. The van der Waals surface area contributed by atoms with Crippen molar-refractivity contribution in [3.63, 3.8) is 0 Å². The van der Waals surface area contributed by atoms with E-state index in [-0.39, 0.29) is 24.0 Å². The third-order valence-corrected chi connectivity index (χ3v) is 3.79.